The Balaban J connectivity index is 1.74. The van der Waals surface area contributed by atoms with Crippen LogP contribution in [0.1, 0.15) is 61.8 Å². The van der Waals surface area contributed by atoms with Gasteiger partial charge in [0.05, 0.1) is 5.69 Å². The molecule has 1 fully saturated rings. The number of hydrogen-bond donors (Lipinski definition) is 0. The van der Waals surface area contributed by atoms with Crippen LogP contribution >= 0.6 is 0 Å². The van der Waals surface area contributed by atoms with E-state index in [0.29, 0.717) is 24.8 Å². The normalized spacial score (nSPS) is 18.7. The van der Waals surface area contributed by atoms with Gasteiger partial charge in [-0.15, -0.1) is 0 Å². The van der Waals surface area contributed by atoms with Crippen molar-refractivity contribution < 1.29 is 13.7 Å². The van der Waals surface area contributed by atoms with E-state index in [-0.39, 0.29) is 23.7 Å². The first-order valence-electron chi connectivity index (χ1n) is 10.1. The molecule has 1 aromatic heterocycles. The van der Waals surface area contributed by atoms with Crippen LogP contribution in [0.5, 0.6) is 0 Å². The van der Waals surface area contributed by atoms with Gasteiger partial charge in [0.25, 0.3) is 5.91 Å². The molecule has 1 aromatic carbocycles. The maximum Gasteiger partial charge on any atom is 0.292 e. The second-order valence-electron chi connectivity index (χ2n) is 8.28. The van der Waals surface area contributed by atoms with Crippen LogP contribution in [-0.4, -0.2) is 46.5 Å². The fraction of sp³-hybridized carbons (Fsp3) is 0.545. The van der Waals surface area contributed by atoms with Crippen molar-refractivity contribution in [3.63, 3.8) is 0 Å². The lowest BCUT2D eigenvalue weighted by molar-refractivity contribution is 0.0662. The van der Waals surface area contributed by atoms with E-state index in [4.69, 9.17) is 4.52 Å². The number of aromatic nitrogens is 1. The molecule has 0 N–H and O–H groups in total. The van der Waals surface area contributed by atoms with Crippen LogP contribution in [0.25, 0.3) is 0 Å². The summed E-state index contributed by atoms with van der Waals surface area (Å²) in [5, 5.41) is 4.02. The van der Waals surface area contributed by atoms with Gasteiger partial charge in [-0.25, -0.2) is 4.39 Å². The van der Waals surface area contributed by atoms with Gasteiger partial charge in [-0.05, 0) is 36.0 Å². The van der Waals surface area contributed by atoms with E-state index in [0.717, 1.165) is 30.8 Å². The van der Waals surface area contributed by atoms with Crippen molar-refractivity contribution in [3.05, 3.63) is 53.2 Å². The minimum absolute atomic E-state index is 0.0892. The summed E-state index contributed by atoms with van der Waals surface area (Å²) < 4.78 is 18.5. The minimum Gasteiger partial charge on any atom is -0.351 e. The zero-order valence-corrected chi connectivity index (χ0v) is 17.2. The molecule has 6 heteroatoms. The van der Waals surface area contributed by atoms with Crippen LogP contribution in [0, 0.1) is 11.7 Å². The molecular formula is C22H30FN3O2. The molecule has 0 unspecified atom stereocenters. The summed E-state index contributed by atoms with van der Waals surface area (Å²) in [6.07, 6.45) is 0.890. The van der Waals surface area contributed by atoms with E-state index >= 15 is 0 Å². The standard InChI is InChI=1S/C22H30FN3O2/c1-15(2)19-12-21(28-24-19)22(27)26-11-5-10-25(20(14-26)16(3)4)13-17-6-8-18(23)9-7-17/h6-9,12,15-16,20H,5,10-11,13-14H2,1-4H3/t20-/m0/s1. The summed E-state index contributed by atoms with van der Waals surface area (Å²) in [5.41, 5.74) is 1.89. The topological polar surface area (TPSA) is 49.6 Å². The number of carbonyl (C=O) groups is 1. The highest BCUT2D eigenvalue weighted by molar-refractivity contribution is 5.91. The summed E-state index contributed by atoms with van der Waals surface area (Å²) in [5.74, 6) is 0.621. The SMILES string of the molecule is CC(C)c1cc(C(=O)N2CCCN(Cc3ccc(F)cc3)[C@H](C(C)C)C2)on1. The Labute approximate surface area is 166 Å². The Kier molecular flexibility index (Phi) is 6.50. The van der Waals surface area contributed by atoms with Crippen LogP contribution in [0.2, 0.25) is 0 Å². The van der Waals surface area contributed by atoms with Crippen LogP contribution in [0.4, 0.5) is 4.39 Å². The fourth-order valence-corrected chi connectivity index (χ4v) is 3.72. The average Bonchev–Trinajstić information content (AvgIpc) is 3.06. The number of carbonyl (C=O) groups excluding carboxylic acids is 1. The highest BCUT2D eigenvalue weighted by atomic mass is 19.1. The van der Waals surface area contributed by atoms with Crippen molar-refractivity contribution in [3.8, 4) is 0 Å². The van der Waals surface area contributed by atoms with Crippen molar-refractivity contribution in [2.45, 2.75) is 52.6 Å². The smallest absolute Gasteiger partial charge is 0.292 e. The molecule has 1 atom stereocenters. The quantitative estimate of drug-likeness (QED) is 0.767. The molecule has 152 valence electrons. The van der Waals surface area contributed by atoms with Gasteiger partial charge in [-0.1, -0.05) is 45.0 Å². The van der Waals surface area contributed by atoms with Crippen molar-refractivity contribution >= 4 is 5.91 Å². The molecular weight excluding hydrogens is 357 g/mol. The minimum atomic E-state index is -0.218. The van der Waals surface area contributed by atoms with Gasteiger partial charge in [-0.3, -0.25) is 9.69 Å². The first kappa shape index (κ1) is 20.5. The largest absolute Gasteiger partial charge is 0.351 e. The maximum absolute atomic E-state index is 13.2. The van der Waals surface area contributed by atoms with E-state index < -0.39 is 0 Å². The van der Waals surface area contributed by atoms with Crippen LogP contribution < -0.4 is 0 Å². The number of halogens is 1. The molecule has 3 rings (SSSR count). The summed E-state index contributed by atoms with van der Waals surface area (Å²) in [4.78, 5) is 17.3. The molecule has 0 spiro atoms. The molecule has 1 aliphatic heterocycles. The molecule has 0 saturated carbocycles. The summed E-state index contributed by atoms with van der Waals surface area (Å²) in [6, 6.07) is 8.67. The van der Waals surface area contributed by atoms with E-state index in [9.17, 15) is 9.18 Å². The molecule has 2 aromatic rings. The molecule has 1 aliphatic rings. The predicted octanol–water partition coefficient (Wildman–Crippen LogP) is 4.31. The predicted molar refractivity (Wildman–Crippen MR) is 107 cm³/mol. The van der Waals surface area contributed by atoms with Crippen molar-refractivity contribution in [1.82, 2.24) is 15.0 Å². The summed E-state index contributed by atoms with van der Waals surface area (Å²) in [7, 11) is 0. The summed E-state index contributed by atoms with van der Waals surface area (Å²) >= 11 is 0. The van der Waals surface area contributed by atoms with Crippen molar-refractivity contribution in [2.24, 2.45) is 5.92 Å². The third kappa shape index (κ3) is 4.79. The lowest BCUT2D eigenvalue weighted by Gasteiger charge is -2.34. The van der Waals surface area contributed by atoms with Gasteiger partial charge in [-0.2, -0.15) is 0 Å². The van der Waals surface area contributed by atoms with Gasteiger partial charge >= 0.3 is 0 Å². The number of rotatable bonds is 5. The zero-order chi connectivity index (χ0) is 20.3. The number of amides is 1. The highest BCUT2D eigenvalue weighted by Gasteiger charge is 2.31. The number of hydrogen-bond acceptors (Lipinski definition) is 4. The van der Waals surface area contributed by atoms with E-state index in [1.54, 1.807) is 6.07 Å². The maximum atomic E-state index is 13.2. The molecule has 1 amide bonds. The Morgan fingerprint density at radius 2 is 1.93 bits per heavy atom. The molecule has 5 nitrogen and oxygen atoms in total. The van der Waals surface area contributed by atoms with Gasteiger partial charge in [0.1, 0.15) is 5.82 Å². The number of benzene rings is 1. The Hall–Kier alpha value is -2.21. The Morgan fingerprint density at radius 1 is 1.21 bits per heavy atom. The molecule has 0 aliphatic carbocycles. The molecule has 0 bridgehead atoms. The molecule has 0 radical (unpaired) electrons. The van der Waals surface area contributed by atoms with Crippen molar-refractivity contribution in [1.29, 1.82) is 0 Å². The van der Waals surface area contributed by atoms with Crippen molar-refractivity contribution in [2.75, 3.05) is 19.6 Å². The fourth-order valence-electron chi connectivity index (χ4n) is 3.72. The number of nitrogens with zero attached hydrogens (tertiary/aromatic N) is 3. The third-order valence-electron chi connectivity index (χ3n) is 5.44. The monoisotopic (exact) mass is 387 g/mol. The van der Waals surface area contributed by atoms with Gasteiger partial charge in [0.15, 0.2) is 0 Å². The Bertz CT molecular complexity index is 785. The van der Waals surface area contributed by atoms with Gasteiger partial charge in [0.2, 0.25) is 5.76 Å². The molecule has 2 heterocycles. The van der Waals surface area contributed by atoms with Crippen LogP contribution in [-0.2, 0) is 6.54 Å². The Morgan fingerprint density at radius 3 is 2.54 bits per heavy atom. The van der Waals surface area contributed by atoms with E-state index in [2.05, 4.69) is 23.9 Å². The van der Waals surface area contributed by atoms with E-state index in [1.807, 2.05) is 30.9 Å². The first-order chi connectivity index (χ1) is 13.3. The summed E-state index contributed by atoms with van der Waals surface area (Å²) in [6.45, 7) is 11.4. The average molecular weight is 387 g/mol. The van der Waals surface area contributed by atoms with Crippen LogP contribution in [0.15, 0.2) is 34.9 Å². The van der Waals surface area contributed by atoms with Gasteiger partial charge < -0.3 is 9.42 Å². The molecule has 28 heavy (non-hydrogen) atoms. The van der Waals surface area contributed by atoms with Gasteiger partial charge in [0, 0.05) is 38.3 Å². The lowest BCUT2D eigenvalue weighted by Crippen LogP contribution is -2.45. The van der Waals surface area contributed by atoms with Crippen LogP contribution in [0.3, 0.4) is 0 Å². The molecule has 1 saturated heterocycles. The first-order valence-corrected chi connectivity index (χ1v) is 10.1. The lowest BCUT2D eigenvalue weighted by atomic mass is 10.0. The second-order valence-corrected chi connectivity index (χ2v) is 8.28. The van der Waals surface area contributed by atoms with E-state index in [1.165, 1.54) is 12.1 Å². The second kappa shape index (κ2) is 8.86. The third-order valence-corrected chi connectivity index (χ3v) is 5.44. The zero-order valence-electron chi connectivity index (χ0n) is 17.2. The highest BCUT2D eigenvalue weighted by Crippen LogP contribution is 2.22.